The van der Waals surface area contributed by atoms with Crippen LogP contribution in [-0.4, -0.2) is 37.2 Å². The van der Waals surface area contributed by atoms with Crippen LogP contribution >= 0.6 is 0 Å². The summed E-state index contributed by atoms with van der Waals surface area (Å²) >= 11 is 0. The van der Waals surface area contributed by atoms with E-state index in [-0.39, 0.29) is 31.1 Å². The Morgan fingerprint density at radius 2 is 0.542 bits per heavy atom. The van der Waals surface area contributed by atoms with E-state index in [1.165, 1.54) is 199 Å². The largest absolute Gasteiger partial charge is 0.462 e. The van der Waals surface area contributed by atoms with Crippen molar-refractivity contribution in [2.75, 3.05) is 13.2 Å². The summed E-state index contributed by atoms with van der Waals surface area (Å²) in [6, 6.07) is 0. The highest BCUT2D eigenvalue weighted by Crippen LogP contribution is 2.17. The second kappa shape index (κ2) is 60.9. The van der Waals surface area contributed by atoms with Gasteiger partial charge in [0, 0.05) is 19.3 Å². The fraction of sp³-hybridized carbons (Fsp3) is 0.833. The van der Waals surface area contributed by atoms with Crippen molar-refractivity contribution in [2.45, 2.75) is 341 Å². The summed E-state index contributed by atoms with van der Waals surface area (Å²) < 4.78 is 16.8. The van der Waals surface area contributed by atoms with E-state index >= 15 is 0 Å². The molecule has 0 N–H and O–H groups in total. The number of hydrogen-bond acceptors (Lipinski definition) is 6. The number of carbonyl (C=O) groups is 3. The number of esters is 3. The van der Waals surface area contributed by atoms with Crippen LogP contribution in [0.15, 0.2) is 48.6 Å². The summed E-state index contributed by atoms with van der Waals surface area (Å²) in [7, 11) is 0. The maximum atomic E-state index is 12.8. The fourth-order valence-electron chi connectivity index (χ4n) is 9.34. The van der Waals surface area contributed by atoms with Crippen molar-refractivity contribution < 1.29 is 28.6 Å². The monoisotopic (exact) mass is 1010 g/mol. The molecule has 0 radical (unpaired) electrons. The highest BCUT2D eigenvalue weighted by Gasteiger charge is 2.19. The van der Waals surface area contributed by atoms with E-state index in [1.54, 1.807) is 0 Å². The highest BCUT2D eigenvalue weighted by molar-refractivity contribution is 5.71. The number of rotatable bonds is 58. The molecule has 0 aromatic carbocycles. The molecule has 1 atom stereocenters. The van der Waals surface area contributed by atoms with E-state index in [0.29, 0.717) is 19.3 Å². The van der Waals surface area contributed by atoms with Gasteiger partial charge in [-0.2, -0.15) is 0 Å². The molecule has 0 saturated heterocycles. The molecule has 0 aromatic rings. The van der Waals surface area contributed by atoms with Gasteiger partial charge < -0.3 is 14.2 Å². The van der Waals surface area contributed by atoms with Gasteiger partial charge in [-0.15, -0.1) is 0 Å². The van der Waals surface area contributed by atoms with Gasteiger partial charge in [0.15, 0.2) is 6.10 Å². The Bertz CT molecular complexity index is 1250. The molecule has 0 aromatic heterocycles. The maximum absolute atomic E-state index is 12.8. The SMILES string of the molecule is CC/C=C\C/C=C\C/C=C\CCCCCCCC(=O)OC(COC(=O)CCCCCCCCCC)COC(=O)CCCCCCCCCCCCCCCCCCCCC/C=C\CCCCCCCCCC. The second-order valence-electron chi connectivity index (χ2n) is 21.3. The van der Waals surface area contributed by atoms with E-state index in [4.69, 9.17) is 14.2 Å². The van der Waals surface area contributed by atoms with Crippen LogP contribution in [0, 0.1) is 0 Å². The van der Waals surface area contributed by atoms with Crippen molar-refractivity contribution >= 4 is 17.9 Å². The minimum Gasteiger partial charge on any atom is -0.462 e. The van der Waals surface area contributed by atoms with E-state index < -0.39 is 6.10 Å². The third-order valence-corrected chi connectivity index (χ3v) is 14.1. The van der Waals surface area contributed by atoms with Gasteiger partial charge in [0.1, 0.15) is 13.2 Å². The van der Waals surface area contributed by atoms with Crippen LogP contribution in [0.25, 0.3) is 0 Å². The minimum absolute atomic E-state index is 0.0765. The summed E-state index contributed by atoms with van der Waals surface area (Å²) in [4.78, 5) is 38.0. The van der Waals surface area contributed by atoms with E-state index in [9.17, 15) is 14.4 Å². The Kier molecular flexibility index (Phi) is 58.7. The number of hydrogen-bond donors (Lipinski definition) is 0. The number of unbranched alkanes of at least 4 members (excludes halogenated alkanes) is 39. The average molecular weight is 1010 g/mol. The van der Waals surface area contributed by atoms with Crippen molar-refractivity contribution in [1.82, 2.24) is 0 Å². The highest BCUT2D eigenvalue weighted by atomic mass is 16.6. The molecule has 6 heteroatoms. The number of carbonyl (C=O) groups excluding carboxylic acids is 3. The first kappa shape index (κ1) is 69.4. The molecule has 0 fully saturated rings. The summed E-state index contributed by atoms with van der Waals surface area (Å²) in [6.07, 6.45) is 75.9. The number of ether oxygens (including phenoxy) is 3. The molecular weight excluding hydrogens is 889 g/mol. The first-order valence-electron chi connectivity index (χ1n) is 31.6. The predicted molar refractivity (Wildman–Crippen MR) is 312 cm³/mol. The van der Waals surface area contributed by atoms with Gasteiger partial charge in [0.2, 0.25) is 0 Å². The Morgan fingerprint density at radius 3 is 0.861 bits per heavy atom. The zero-order valence-electron chi connectivity index (χ0n) is 48.2. The molecule has 420 valence electrons. The normalized spacial score (nSPS) is 12.3. The van der Waals surface area contributed by atoms with Crippen LogP contribution in [0.1, 0.15) is 335 Å². The van der Waals surface area contributed by atoms with Gasteiger partial charge in [0.05, 0.1) is 0 Å². The van der Waals surface area contributed by atoms with Crippen LogP contribution in [-0.2, 0) is 28.6 Å². The van der Waals surface area contributed by atoms with Gasteiger partial charge in [-0.05, 0) is 77.0 Å². The lowest BCUT2D eigenvalue weighted by Gasteiger charge is -2.18. The lowest BCUT2D eigenvalue weighted by atomic mass is 10.0. The predicted octanol–water partition coefficient (Wildman–Crippen LogP) is 21.4. The van der Waals surface area contributed by atoms with E-state index in [0.717, 1.165) is 96.3 Å². The number of allylic oxidation sites excluding steroid dienone is 8. The molecule has 0 bridgehead atoms. The summed E-state index contributed by atoms with van der Waals surface area (Å²) in [6.45, 7) is 6.52. The zero-order chi connectivity index (χ0) is 52.2. The third-order valence-electron chi connectivity index (χ3n) is 14.1. The first-order chi connectivity index (χ1) is 35.5. The third kappa shape index (κ3) is 58.3. The Balaban J connectivity index is 4.02. The lowest BCUT2D eigenvalue weighted by Crippen LogP contribution is -2.30. The van der Waals surface area contributed by atoms with Crippen molar-refractivity contribution in [3.8, 4) is 0 Å². The molecule has 0 rings (SSSR count). The van der Waals surface area contributed by atoms with Crippen molar-refractivity contribution in [1.29, 1.82) is 0 Å². The molecule has 6 nitrogen and oxygen atoms in total. The Labute approximate surface area is 448 Å². The molecule has 0 aliphatic heterocycles. The summed E-state index contributed by atoms with van der Waals surface area (Å²) in [5.74, 6) is -0.883. The molecule has 0 heterocycles. The van der Waals surface area contributed by atoms with E-state index in [1.807, 2.05) is 0 Å². The smallest absolute Gasteiger partial charge is 0.306 e. The molecule has 0 saturated carbocycles. The topological polar surface area (TPSA) is 78.9 Å². The van der Waals surface area contributed by atoms with Gasteiger partial charge in [-0.3, -0.25) is 14.4 Å². The molecular formula is C66H120O6. The maximum Gasteiger partial charge on any atom is 0.306 e. The molecule has 1 unspecified atom stereocenters. The molecule has 0 aliphatic rings. The standard InChI is InChI=1S/C66H120O6/c1-4-7-10-13-16-19-21-23-25-26-27-28-29-30-31-32-33-34-35-36-37-38-39-40-42-43-45-47-50-53-56-59-65(68)71-62-63(61-70-64(67)58-55-52-49-18-15-12-9-6-3)72-66(69)60-57-54-51-48-46-44-41-24-22-20-17-14-11-8-5-2/h8,11,17,20,24,26-27,41,63H,4-7,9-10,12-16,18-19,21-23,25,28-40,42-62H2,1-3H3/b11-8-,20-17-,27-26-,41-24-. The average Bonchev–Trinajstić information content (AvgIpc) is 3.38. The zero-order valence-corrected chi connectivity index (χ0v) is 48.2. The van der Waals surface area contributed by atoms with Crippen LogP contribution in [0.2, 0.25) is 0 Å². The van der Waals surface area contributed by atoms with Crippen LogP contribution in [0.5, 0.6) is 0 Å². The fourth-order valence-corrected chi connectivity index (χ4v) is 9.34. The van der Waals surface area contributed by atoms with E-state index in [2.05, 4.69) is 69.4 Å². The van der Waals surface area contributed by atoms with Crippen LogP contribution < -0.4 is 0 Å². The van der Waals surface area contributed by atoms with Gasteiger partial charge in [-0.1, -0.05) is 288 Å². The first-order valence-corrected chi connectivity index (χ1v) is 31.6. The molecule has 0 amide bonds. The van der Waals surface area contributed by atoms with Crippen LogP contribution in [0.4, 0.5) is 0 Å². The minimum atomic E-state index is -0.778. The Hall–Kier alpha value is -2.63. The molecule has 72 heavy (non-hydrogen) atoms. The summed E-state index contributed by atoms with van der Waals surface area (Å²) in [5, 5.41) is 0. The van der Waals surface area contributed by atoms with Gasteiger partial charge in [-0.25, -0.2) is 0 Å². The molecule has 0 spiro atoms. The second-order valence-corrected chi connectivity index (χ2v) is 21.3. The van der Waals surface area contributed by atoms with Crippen molar-refractivity contribution in [3.63, 3.8) is 0 Å². The van der Waals surface area contributed by atoms with Gasteiger partial charge in [0.25, 0.3) is 0 Å². The van der Waals surface area contributed by atoms with Crippen molar-refractivity contribution in [2.24, 2.45) is 0 Å². The van der Waals surface area contributed by atoms with Crippen molar-refractivity contribution in [3.05, 3.63) is 48.6 Å². The summed E-state index contributed by atoms with van der Waals surface area (Å²) in [5.41, 5.74) is 0. The lowest BCUT2D eigenvalue weighted by molar-refractivity contribution is -0.167. The van der Waals surface area contributed by atoms with Gasteiger partial charge >= 0.3 is 17.9 Å². The van der Waals surface area contributed by atoms with Crippen LogP contribution in [0.3, 0.4) is 0 Å². The quantitative estimate of drug-likeness (QED) is 0.0261. The Morgan fingerprint density at radius 1 is 0.292 bits per heavy atom. The molecule has 0 aliphatic carbocycles.